The molecule has 19 heavy (non-hydrogen) atoms. The first-order chi connectivity index (χ1) is 9.13. The zero-order valence-electron chi connectivity index (χ0n) is 10.2. The van der Waals surface area contributed by atoms with Gasteiger partial charge in [-0.1, -0.05) is 0 Å². The maximum Gasteiger partial charge on any atom is 0.142 e. The van der Waals surface area contributed by atoms with Crippen LogP contribution in [0.2, 0.25) is 0 Å². The molecule has 0 aliphatic carbocycles. The van der Waals surface area contributed by atoms with Gasteiger partial charge in [0.25, 0.3) is 0 Å². The molecule has 1 N–H and O–H groups in total. The van der Waals surface area contributed by atoms with Crippen LogP contribution in [-0.4, -0.2) is 26.5 Å². The molecule has 0 amide bonds. The minimum Gasteiger partial charge on any atom is -0.506 e. The van der Waals surface area contributed by atoms with Crippen molar-refractivity contribution in [1.29, 1.82) is 0 Å². The molecule has 5 nitrogen and oxygen atoms in total. The molecule has 3 aromatic rings. The largest absolute Gasteiger partial charge is 0.506 e. The van der Waals surface area contributed by atoms with Crippen molar-refractivity contribution in [2.24, 2.45) is 0 Å². The van der Waals surface area contributed by atoms with E-state index in [4.69, 9.17) is 11.8 Å². The van der Waals surface area contributed by atoms with E-state index in [-0.39, 0.29) is 5.75 Å². The fourth-order valence-corrected chi connectivity index (χ4v) is 1.94. The second kappa shape index (κ2) is 4.44. The lowest BCUT2D eigenvalue weighted by molar-refractivity contribution is 0.472. The monoisotopic (exact) mass is 274 g/mol. The Morgan fingerprint density at radius 3 is 2.74 bits per heavy atom. The van der Waals surface area contributed by atoms with Gasteiger partial charge in [0, 0.05) is 36.8 Å². The second-order valence-corrected chi connectivity index (χ2v) is 4.67. The molecule has 0 bridgehead atoms. The number of aromatic hydroxyl groups is 1. The van der Waals surface area contributed by atoms with Crippen molar-refractivity contribution in [3.63, 3.8) is 0 Å². The van der Waals surface area contributed by atoms with E-state index in [2.05, 4.69) is 9.97 Å². The summed E-state index contributed by atoms with van der Waals surface area (Å²) >= 11 is 5.81. The van der Waals surface area contributed by atoms with E-state index in [0.29, 0.717) is 5.82 Å². The SMILES string of the molecule is CN(Cl)c1ccc(-c2cn3cc(O)ccc3n2)cn1. The van der Waals surface area contributed by atoms with E-state index in [1.165, 1.54) is 4.42 Å². The van der Waals surface area contributed by atoms with E-state index in [0.717, 1.165) is 16.9 Å². The maximum atomic E-state index is 9.43. The highest BCUT2D eigenvalue weighted by Gasteiger charge is 2.06. The average molecular weight is 275 g/mol. The Hall–Kier alpha value is -2.27. The second-order valence-electron chi connectivity index (χ2n) is 4.16. The van der Waals surface area contributed by atoms with Crippen LogP contribution in [0.15, 0.2) is 42.9 Å². The molecule has 96 valence electrons. The van der Waals surface area contributed by atoms with E-state index in [1.807, 2.05) is 18.3 Å². The molecule has 0 radical (unpaired) electrons. The van der Waals surface area contributed by atoms with E-state index in [1.54, 1.807) is 36.0 Å². The van der Waals surface area contributed by atoms with Crippen molar-refractivity contribution < 1.29 is 5.11 Å². The number of anilines is 1. The Kier molecular flexibility index (Phi) is 2.76. The van der Waals surface area contributed by atoms with Crippen LogP contribution in [0.25, 0.3) is 16.9 Å². The first-order valence-corrected chi connectivity index (χ1v) is 6.01. The molecule has 3 rings (SSSR count). The zero-order chi connectivity index (χ0) is 13.4. The van der Waals surface area contributed by atoms with Crippen LogP contribution < -0.4 is 4.42 Å². The highest BCUT2D eigenvalue weighted by molar-refractivity contribution is 6.24. The number of aromatic nitrogens is 3. The predicted octanol–water partition coefficient (Wildman–Crippen LogP) is 2.69. The van der Waals surface area contributed by atoms with Gasteiger partial charge >= 0.3 is 0 Å². The Bertz CT molecular complexity index is 721. The maximum absolute atomic E-state index is 9.43. The lowest BCUT2D eigenvalue weighted by Crippen LogP contribution is -2.02. The number of hydrogen-bond donors (Lipinski definition) is 1. The molecule has 0 saturated carbocycles. The van der Waals surface area contributed by atoms with Crippen molar-refractivity contribution >= 4 is 23.2 Å². The van der Waals surface area contributed by atoms with Gasteiger partial charge in [0.05, 0.1) is 11.9 Å². The van der Waals surface area contributed by atoms with Crippen molar-refractivity contribution in [3.8, 4) is 17.0 Å². The van der Waals surface area contributed by atoms with Crippen molar-refractivity contribution in [2.75, 3.05) is 11.5 Å². The quantitative estimate of drug-likeness (QED) is 0.730. The van der Waals surface area contributed by atoms with E-state index < -0.39 is 0 Å². The number of imidazole rings is 1. The van der Waals surface area contributed by atoms with Crippen LogP contribution in [0.5, 0.6) is 5.75 Å². The third-order valence-corrected chi connectivity index (χ3v) is 2.97. The van der Waals surface area contributed by atoms with Gasteiger partial charge in [0.15, 0.2) is 0 Å². The summed E-state index contributed by atoms with van der Waals surface area (Å²) in [5.74, 6) is 0.875. The lowest BCUT2D eigenvalue weighted by atomic mass is 10.2. The predicted molar refractivity (Wildman–Crippen MR) is 74.3 cm³/mol. The van der Waals surface area contributed by atoms with Gasteiger partial charge in [0.2, 0.25) is 0 Å². The topological polar surface area (TPSA) is 53.7 Å². The standard InChI is InChI=1S/C13H11ClN4O/c1-17(14)12-4-2-9(6-15-12)11-8-18-7-10(19)3-5-13(18)16-11/h2-8,19H,1H3. The highest BCUT2D eigenvalue weighted by Crippen LogP contribution is 2.22. The van der Waals surface area contributed by atoms with Crippen molar-refractivity contribution in [2.45, 2.75) is 0 Å². The van der Waals surface area contributed by atoms with Crippen LogP contribution in [-0.2, 0) is 0 Å². The minimum atomic E-state index is 0.202. The summed E-state index contributed by atoms with van der Waals surface area (Å²) in [5, 5.41) is 9.43. The minimum absolute atomic E-state index is 0.202. The van der Waals surface area contributed by atoms with Gasteiger partial charge in [-0.2, -0.15) is 0 Å². The number of halogens is 1. The molecule has 0 fully saturated rings. The molecular formula is C13H11ClN4O. The fraction of sp³-hybridized carbons (Fsp3) is 0.0769. The molecule has 0 atom stereocenters. The van der Waals surface area contributed by atoms with Crippen LogP contribution in [0, 0.1) is 0 Å². The van der Waals surface area contributed by atoms with Crippen LogP contribution in [0.3, 0.4) is 0 Å². The Labute approximate surface area is 114 Å². The molecular weight excluding hydrogens is 264 g/mol. The van der Waals surface area contributed by atoms with Crippen LogP contribution >= 0.6 is 11.8 Å². The summed E-state index contributed by atoms with van der Waals surface area (Å²) in [6.45, 7) is 0. The van der Waals surface area contributed by atoms with Crippen molar-refractivity contribution in [1.82, 2.24) is 14.4 Å². The highest BCUT2D eigenvalue weighted by atomic mass is 35.5. The summed E-state index contributed by atoms with van der Waals surface area (Å²) in [5.41, 5.74) is 2.46. The van der Waals surface area contributed by atoms with Crippen LogP contribution in [0.4, 0.5) is 5.82 Å². The molecule has 0 aliphatic rings. The molecule has 0 saturated heterocycles. The molecule has 3 aromatic heterocycles. The van der Waals surface area contributed by atoms with E-state index in [9.17, 15) is 5.11 Å². The summed E-state index contributed by atoms with van der Waals surface area (Å²) in [7, 11) is 1.72. The molecule has 6 heteroatoms. The summed E-state index contributed by atoms with van der Waals surface area (Å²) < 4.78 is 3.19. The molecule has 3 heterocycles. The van der Waals surface area contributed by atoms with Gasteiger partial charge in [-0.25, -0.2) is 9.97 Å². The Morgan fingerprint density at radius 1 is 1.21 bits per heavy atom. The van der Waals surface area contributed by atoms with Crippen molar-refractivity contribution in [3.05, 3.63) is 42.9 Å². The molecule has 0 aliphatic heterocycles. The third-order valence-electron chi connectivity index (χ3n) is 2.79. The molecule has 0 aromatic carbocycles. The number of fused-ring (bicyclic) bond motifs is 1. The number of hydrogen-bond acceptors (Lipinski definition) is 4. The summed E-state index contributed by atoms with van der Waals surface area (Å²) in [4.78, 5) is 8.70. The first kappa shape index (κ1) is 11.8. The van der Waals surface area contributed by atoms with E-state index >= 15 is 0 Å². The number of nitrogens with zero attached hydrogens (tertiary/aromatic N) is 4. The van der Waals surface area contributed by atoms with Gasteiger partial charge < -0.3 is 9.51 Å². The normalized spacial score (nSPS) is 10.8. The number of pyridine rings is 2. The third kappa shape index (κ3) is 2.20. The Morgan fingerprint density at radius 2 is 2.05 bits per heavy atom. The summed E-state index contributed by atoms with van der Waals surface area (Å²) in [6, 6.07) is 7.09. The van der Waals surface area contributed by atoms with Crippen LogP contribution in [0.1, 0.15) is 0 Å². The molecule has 0 unspecified atom stereocenters. The first-order valence-electron chi connectivity index (χ1n) is 5.67. The fourth-order valence-electron chi connectivity index (χ4n) is 1.84. The zero-order valence-corrected chi connectivity index (χ0v) is 10.9. The number of rotatable bonds is 2. The molecule has 0 spiro atoms. The lowest BCUT2D eigenvalue weighted by Gasteiger charge is -2.07. The van der Waals surface area contributed by atoms with Gasteiger partial charge in [-0.05, 0) is 24.3 Å². The smallest absolute Gasteiger partial charge is 0.142 e. The summed E-state index contributed by atoms with van der Waals surface area (Å²) in [6.07, 6.45) is 5.17. The van der Waals surface area contributed by atoms with Gasteiger partial charge in [0.1, 0.15) is 17.2 Å². The average Bonchev–Trinajstić information content (AvgIpc) is 2.81. The van der Waals surface area contributed by atoms with Gasteiger partial charge in [-0.15, -0.1) is 0 Å². The van der Waals surface area contributed by atoms with Gasteiger partial charge in [-0.3, -0.25) is 4.42 Å². The Balaban J connectivity index is 2.03.